The van der Waals surface area contributed by atoms with Gasteiger partial charge in [-0.3, -0.25) is 4.98 Å². The van der Waals surface area contributed by atoms with Gasteiger partial charge in [-0.15, -0.1) is 0 Å². The van der Waals surface area contributed by atoms with Crippen LogP contribution in [-0.2, 0) is 6.54 Å². The second-order valence-electron chi connectivity index (χ2n) is 5.71. The van der Waals surface area contributed by atoms with Crippen molar-refractivity contribution in [3.8, 4) is 0 Å². The molecular weight excluding hydrogens is 258 g/mol. The molecule has 1 aliphatic heterocycles. The molecule has 0 amide bonds. The molecule has 0 bridgehead atoms. The molecular formula is C18H23N3. The number of nitrogens with one attached hydrogen (secondary N) is 1. The Balaban J connectivity index is 1.68. The molecule has 1 aromatic carbocycles. The normalized spacial score (nSPS) is 16.1. The SMILES string of the molecule is C[C@@H](NCc1ccccc1N1CCCC1)c1ccncc1. The summed E-state index contributed by atoms with van der Waals surface area (Å²) in [6, 6.07) is 13.2. The van der Waals surface area contributed by atoms with Gasteiger partial charge in [0.15, 0.2) is 0 Å². The van der Waals surface area contributed by atoms with Gasteiger partial charge >= 0.3 is 0 Å². The molecule has 3 heteroatoms. The van der Waals surface area contributed by atoms with Gasteiger partial charge in [-0.25, -0.2) is 0 Å². The molecule has 21 heavy (non-hydrogen) atoms. The van der Waals surface area contributed by atoms with Crippen LogP contribution in [0.4, 0.5) is 5.69 Å². The van der Waals surface area contributed by atoms with Crippen molar-refractivity contribution in [3.05, 3.63) is 59.9 Å². The first-order valence-corrected chi connectivity index (χ1v) is 7.81. The van der Waals surface area contributed by atoms with E-state index >= 15 is 0 Å². The van der Waals surface area contributed by atoms with E-state index in [9.17, 15) is 0 Å². The number of nitrogens with zero attached hydrogens (tertiary/aromatic N) is 2. The van der Waals surface area contributed by atoms with E-state index in [0.717, 1.165) is 6.54 Å². The summed E-state index contributed by atoms with van der Waals surface area (Å²) in [6.45, 7) is 5.48. The van der Waals surface area contributed by atoms with Crippen LogP contribution in [-0.4, -0.2) is 18.1 Å². The molecule has 1 atom stereocenters. The maximum Gasteiger partial charge on any atom is 0.0411 e. The maximum atomic E-state index is 4.08. The molecule has 3 nitrogen and oxygen atoms in total. The lowest BCUT2D eigenvalue weighted by Gasteiger charge is -2.22. The Bertz CT molecular complexity index is 562. The second-order valence-corrected chi connectivity index (χ2v) is 5.71. The predicted octanol–water partition coefficient (Wildman–Crippen LogP) is 3.53. The van der Waals surface area contributed by atoms with E-state index in [0.29, 0.717) is 6.04 Å². The molecule has 3 rings (SSSR count). The predicted molar refractivity (Wildman–Crippen MR) is 87.4 cm³/mol. The molecule has 0 saturated carbocycles. The summed E-state index contributed by atoms with van der Waals surface area (Å²) in [4.78, 5) is 6.59. The zero-order valence-electron chi connectivity index (χ0n) is 12.6. The zero-order chi connectivity index (χ0) is 14.5. The first kappa shape index (κ1) is 14.1. The third kappa shape index (κ3) is 3.42. The topological polar surface area (TPSA) is 28.2 Å². The minimum absolute atomic E-state index is 0.333. The number of para-hydroxylation sites is 1. The smallest absolute Gasteiger partial charge is 0.0411 e. The highest BCUT2D eigenvalue weighted by atomic mass is 15.1. The highest BCUT2D eigenvalue weighted by molar-refractivity contribution is 5.54. The largest absolute Gasteiger partial charge is 0.371 e. The van der Waals surface area contributed by atoms with Gasteiger partial charge in [0.25, 0.3) is 0 Å². The average Bonchev–Trinajstić information content (AvgIpc) is 3.08. The van der Waals surface area contributed by atoms with E-state index in [1.807, 2.05) is 12.4 Å². The van der Waals surface area contributed by atoms with Crippen LogP contribution >= 0.6 is 0 Å². The first-order valence-electron chi connectivity index (χ1n) is 7.81. The number of hydrogen-bond acceptors (Lipinski definition) is 3. The van der Waals surface area contributed by atoms with Crippen molar-refractivity contribution in [1.29, 1.82) is 0 Å². The number of rotatable bonds is 5. The molecule has 1 aromatic heterocycles. The molecule has 1 fully saturated rings. The lowest BCUT2D eigenvalue weighted by atomic mass is 10.1. The Kier molecular flexibility index (Phi) is 4.51. The van der Waals surface area contributed by atoms with Crippen molar-refractivity contribution in [2.45, 2.75) is 32.4 Å². The molecule has 2 heterocycles. The van der Waals surface area contributed by atoms with E-state index in [1.54, 1.807) is 0 Å². The van der Waals surface area contributed by atoms with Gasteiger partial charge in [0.2, 0.25) is 0 Å². The highest BCUT2D eigenvalue weighted by Gasteiger charge is 2.15. The van der Waals surface area contributed by atoms with Gasteiger partial charge in [0.05, 0.1) is 0 Å². The van der Waals surface area contributed by atoms with Crippen LogP contribution in [0.15, 0.2) is 48.8 Å². The van der Waals surface area contributed by atoms with Crippen LogP contribution in [0.2, 0.25) is 0 Å². The van der Waals surface area contributed by atoms with Gasteiger partial charge in [0.1, 0.15) is 0 Å². The summed E-state index contributed by atoms with van der Waals surface area (Å²) in [5, 5.41) is 3.62. The zero-order valence-corrected chi connectivity index (χ0v) is 12.6. The number of hydrogen-bond donors (Lipinski definition) is 1. The van der Waals surface area contributed by atoms with Gasteiger partial charge < -0.3 is 10.2 Å². The van der Waals surface area contributed by atoms with E-state index in [4.69, 9.17) is 0 Å². The lowest BCUT2D eigenvalue weighted by molar-refractivity contribution is 0.574. The van der Waals surface area contributed by atoms with Crippen LogP contribution in [0.5, 0.6) is 0 Å². The summed E-state index contributed by atoms with van der Waals surface area (Å²) >= 11 is 0. The quantitative estimate of drug-likeness (QED) is 0.908. The molecule has 1 aliphatic rings. The third-order valence-electron chi connectivity index (χ3n) is 4.24. The number of aromatic nitrogens is 1. The van der Waals surface area contributed by atoms with Crippen molar-refractivity contribution in [2.24, 2.45) is 0 Å². The maximum absolute atomic E-state index is 4.08. The Morgan fingerprint density at radius 3 is 2.57 bits per heavy atom. The average molecular weight is 281 g/mol. The van der Waals surface area contributed by atoms with Crippen molar-refractivity contribution in [3.63, 3.8) is 0 Å². The monoisotopic (exact) mass is 281 g/mol. The van der Waals surface area contributed by atoms with E-state index < -0.39 is 0 Å². The molecule has 2 aromatic rings. The number of pyridine rings is 1. The molecule has 110 valence electrons. The molecule has 0 unspecified atom stereocenters. The fourth-order valence-corrected chi connectivity index (χ4v) is 2.96. The van der Waals surface area contributed by atoms with Crippen molar-refractivity contribution < 1.29 is 0 Å². The molecule has 1 saturated heterocycles. The standard InChI is InChI=1S/C18H23N3/c1-15(16-8-10-19-11-9-16)20-14-17-6-2-3-7-18(17)21-12-4-5-13-21/h2-3,6-11,15,20H,4-5,12-14H2,1H3/t15-/m1/s1. The summed E-state index contributed by atoms with van der Waals surface area (Å²) in [6.07, 6.45) is 6.34. The fourth-order valence-electron chi connectivity index (χ4n) is 2.96. The Labute approximate surface area is 127 Å². The van der Waals surface area contributed by atoms with E-state index in [2.05, 4.69) is 58.5 Å². The Morgan fingerprint density at radius 2 is 1.81 bits per heavy atom. The van der Waals surface area contributed by atoms with Crippen molar-refractivity contribution in [1.82, 2.24) is 10.3 Å². The lowest BCUT2D eigenvalue weighted by Crippen LogP contribution is -2.23. The summed E-state index contributed by atoms with van der Waals surface area (Å²) < 4.78 is 0. The first-order chi connectivity index (χ1) is 10.3. The summed E-state index contributed by atoms with van der Waals surface area (Å²) in [7, 11) is 0. The van der Waals surface area contributed by atoms with Crippen LogP contribution in [0, 0.1) is 0 Å². The summed E-state index contributed by atoms with van der Waals surface area (Å²) in [5.41, 5.74) is 4.06. The van der Waals surface area contributed by atoms with Gasteiger partial charge in [-0.2, -0.15) is 0 Å². The van der Waals surface area contributed by atoms with Crippen LogP contribution < -0.4 is 10.2 Å². The van der Waals surface area contributed by atoms with Gasteiger partial charge in [0, 0.05) is 43.8 Å². The minimum Gasteiger partial charge on any atom is -0.371 e. The Morgan fingerprint density at radius 1 is 1.10 bits per heavy atom. The fraction of sp³-hybridized carbons (Fsp3) is 0.389. The highest BCUT2D eigenvalue weighted by Crippen LogP contribution is 2.25. The molecule has 0 radical (unpaired) electrons. The van der Waals surface area contributed by atoms with E-state index in [1.165, 1.54) is 42.7 Å². The number of anilines is 1. The molecule has 0 spiro atoms. The van der Waals surface area contributed by atoms with Crippen LogP contribution in [0.3, 0.4) is 0 Å². The third-order valence-corrected chi connectivity index (χ3v) is 4.24. The molecule has 0 aliphatic carbocycles. The van der Waals surface area contributed by atoms with Crippen molar-refractivity contribution in [2.75, 3.05) is 18.0 Å². The van der Waals surface area contributed by atoms with Gasteiger partial charge in [-0.05, 0) is 49.1 Å². The summed E-state index contributed by atoms with van der Waals surface area (Å²) in [5.74, 6) is 0. The van der Waals surface area contributed by atoms with Crippen molar-refractivity contribution >= 4 is 5.69 Å². The Hall–Kier alpha value is -1.87. The minimum atomic E-state index is 0.333. The molecule has 1 N–H and O–H groups in total. The van der Waals surface area contributed by atoms with Gasteiger partial charge in [-0.1, -0.05) is 18.2 Å². The van der Waals surface area contributed by atoms with Crippen LogP contribution in [0.1, 0.15) is 36.9 Å². The second kappa shape index (κ2) is 6.72. The van der Waals surface area contributed by atoms with E-state index in [-0.39, 0.29) is 0 Å². The van der Waals surface area contributed by atoms with Crippen LogP contribution in [0.25, 0.3) is 0 Å². The number of benzene rings is 1.